The van der Waals surface area contributed by atoms with Crippen LogP contribution in [-0.4, -0.2) is 88.0 Å². The number of amides is 3. The van der Waals surface area contributed by atoms with Crippen LogP contribution in [0.25, 0.3) is 0 Å². The molecular formula is C31H48N4O10. The summed E-state index contributed by atoms with van der Waals surface area (Å²) in [7, 11) is 1.58. The molecule has 1 aliphatic rings. The molecular weight excluding hydrogens is 588 g/mol. The number of esters is 1. The Morgan fingerprint density at radius 3 is 2.02 bits per heavy atom. The summed E-state index contributed by atoms with van der Waals surface area (Å²) in [5.74, 6) is -2.61. The Kier molecular flexibility index (Phi) is 17.3. The van der Waals surface area contributed by atoms with Crippen LogP contribution in [0.5, 0.6) is 0 Å². The van der Waals surface area contributed by atoms with E-state index in [4.69, 9.17) is 23.8 Å². The molecule has 1 saturated heterocycles. The lowest BCUT2D eigenvalue weighted by Crippen LogP contribution is -2.46. The Bertz CT molecular complexity index is 1080. The summed E-state index contributed by atoms with van der Waals surface area (Å²) in [6, 6.07) is 4.41. The molecule has 3 amide bonds. The molecule has 0 aromatic carbocycles. The molecule has 1 heterocycles. The van der Waals surface area contributed by atoms with E-state index in [1.807, 2.05) is 0 Å². The van der Waals surface area contributed by atoms with Gasteiger partial charge in [0.25, 0.3) is 11.8 Å². The Morgan fingerprint density at radius 1 is 0.844 bits per heavy atom. The summed E-state index contributed by atoms with van der Waals surface area (Å²) in [5, 5.41) is 23.2. The third-order valence-corrected chi connectivity index (χ3v) is 7.87. The fourth-order valence-electron chi connectivity index (χ4n) is 4.53. The van der Waals surface area contributed by atoms with Crippen molar-refractivity contribution in [3.05, 3.63) is 0 Å². The minimum atomic E-state index is -1.34. The van der Waals surface area contributed by atoms with Gasteiger partial charge in [-0.05, 0) is 53.4 Å². The van der Waals surface area contributed by atoms with E-state index < -0.39 is 40.0 Å². The van der Waals surface area contributed by atoms with Crippen LogP contribution in [0.4, 0.5) is 0 Å². The number of carbonyl (C=O) groups excluding carboxylic acids is 5. The van der Waals surface area contributed by atoms with E-state index in [9.17, 15) is 34.5 Å². The number of methoxy groups -OCH3 is 1. The number of hydroxylamine groups is 2. The summed E-state index contributed by atoms with van der Waals surface area (Å²) in [6.45, 7) is 8.60. The van der Waals surface area contributed by atoms with E-state index in [1.54, 1.807) is 34.8 Å². The highest BCUT2D eigenvalue weighted by Gasteiger charge is 2.52. The highest BCUT2D eigenvalue weighted by molar-refractivity contribution is 6.01. The molecule has 252 valence electrons. The van der Waals surface area contributed by atoms with Gasteiger partial charge < -0.3 is 29.1 Å². The smallest absolute Gasteiger partial charge is 0.333 e. The molecule has 0 bridgehead atoms. The predicted octanol–water partition coefficient (Wildman–Crippen LogP) is 2.75. The van der Waals surface area contributed by atoms with Crippen molar-refractivity contribution in [2.24, 2.45) is 16.2 Å². The van der Waals surface area contributed by atoms with Gasteiger partial charge in [0.2, 0.25) is 5.91 Å². The molecule has 2 unspecified atom stereocenters. The van der Waals surface area contributed by atoms with Crippen LogP contribution in [0.2, 0.25) is 0 Å². The predicted molar refractivity (Wildman–Crippen MR) is 158 cm³/mol. The van der Waals surface area contributed by atoms with Gasteiger partial charge >= 0.3 is 11.9 Å². The maximum absolute atomic E-state index is 13.3. The van der Waals surface area contributed by atoms with Crippen molar-refractivity contribution in [3.8, 4) is 12.1 Å². The molecule has 1 fully saturated rings. The Labute approximate surface area is 265 Å². The van der Waals surface area contributed by atoms with Crippen LogP contribution in [0.15, 0.2) is 0 Å². The molecule has 14 nitrogen and oxygen atoms in total. The zero-order chi connectivity index (χ0) is 33.9. The quantitative estimate of drug-likeness (QED) is 0.0980. The van der Waals surface area contributed by atoms with E-state index in [1.165, 1.54) is 0 Å². The molecule has 45 heavy (non-hydrogen) atoms. The monoisotopic (exact) mass is 636 g/mol. The highest BCUT2D eigenvalue weighted by atomic mass is 16.7. The molecule has 2 atom stereocenters. The van der Waals surface area contributed by atoms with E-state index in [2.05, 4.69) is 17.5 Å². The van der Waals surface area contributed by atoms with Crippen molar-refractivity contribution in [1.82, 2.24) is 10.4 Å². The number of imide groups is 1. The van der Waals surface area contributed by atoms with Crippen molar-refractivity contribution in [3.63, 3.8) is 0 Å². The normalized spacial score (nSPS) is 15.8. The first kappa shape index (κ1) is 39.4. The zero-order valence-electron chi connectivity index (χ0n) is 27.2. The van der Waals surface area contributed by atoms with Crippen LogP contribution >= 0.6 is 0 Å². The lowest BCUT2D eigenvalue weighted by Gasteiger charge is -2.41. The number of nitriles is 2. The van der Waals surface area contributed by atoms with Crippen molar-refractivity contribution >= 4 is 29.7 Å². The second-order valence-corrected chi connectivity index (χ2v) is 12.0. The summed E-state index contributed by atoms with van der Waals surface area (Å²) < 4.78 is 21.1. The molecule has 1 aliphatic heterocycles. The van der Waals surface area contributed by atoms with Crippen LogP contribution in [0.3, 0.4) is 0 Å². The first-order chi connectivity index (χ1) is 21.2. The van der Waals surface area contributed by atoms with Crippen molar-refractivity contribution < 1.29 is 47.8 Å². The summed E-state index contributed by atoms with van der Waals surface area (Å²) in [6.07, 6.45) is 1.93. The third-order valence-electron chi connectivity index (χ3n) is 7.87. The van der Waals surface area contributed by atoms with Gasteiger partial charge in [-0.25, -0.2) is 4.79 Å². The lowest BCUT2D eigenvalue weighted by atomic mass is 9.60. The van der Waals surface area contributed by atoms with Gasteiger partial charge in [-0.15, -0.1) is 5.06 Å². The fourth-order valence-corrected chi connectivity index (χ4v) is 4.53. The first-order valence-electron chi connectivity index (χ1n) is 15.2. The Balaban J connectivity index is 2.48. The molecule has 0 aliphatic carbocycles. The number of carbonyl (C=O) groups is 5. The second-order valence-electron chi connectivity index (χ2n) is 12.0. The van der Waals surface area contributed by atoms with Crippen molar-refractivity contribution in [1.29, 1.82) is 10.5 Å². The van der Waals surface area contributed by atoms with Gasteiger partial charge in [-0.2, -0.15) is 10.5 Å². The standard InChI is InChI=1S/C31H48N4O10/c1-29(2,22-32)31(4,28(40)44-20-19-43-18-17-42-16-15-41-5)21-30(3,23-33)13-12-24(36)34-14-8-6-7-9-27(39)45-35-25(37)10-11-26(35)38/h6-21H2,1-5H3,(H,34,36). The lowest BCUT2D eigenvalue weighted by molar-refractivity contribution is -0.197. The number of unbranched alkanes of at least 4 members (excludes halogenated alkanes) is 2. The minimum Gasteiger partial charge on any atom is -0.463 e. The van der Waals surface area contributed by atoms with Gasteiger partial charge in [-0.1, -0.05) is 6.42 Å². The summed E-state index contributed by atoms with van der Waals surface area (Å²) in [5.41, 5.74) is -3.62. The molecule has 0 aromatic heterocycles. The van der Waals surface area contributed by atoms with E-state index in [-0.39, 0.29) is 57.6 Å². The molecule has 1 rings (SSSR count). The minimum absolute atomic E-state index is 0.00208. The van der Waals surface area contributed by atoms with Gasteiger partial charge in [0.1, 0.15) is 6.61 Å². The number of nitrogens with one attached hydrogen (secondary N) is 1. The van der Waals surface area contributed by atoms with Crippen molar-refractivity contribution in [2.75, 3.05) is 53.3 Å². The van der Waals surface area contributed by atoms with Gasteiger partial charge in [-0.3, -0.25) is 19.2 Å². The van der Waals surface area contributed by atoms with E-state index in [0.29, 0.717) is 57.3 Å². The number of hydrogen-bond donors (Lipinski definition) is 1. The summed E-state index contributed by atoms with van der Waals surface area (Å²) in [4.78, 5) is 65.5. The van der Waals surface area contributed by atoms with Crippen LogP contribution < -0.4 is 5.32 Å². The number of rotatable bonds is 23. The average molecular weight is 637 g/mol. The van der Waals surface area contributed by atoms with Gasteiger partial charge in [0, 0.05) is 39.3 Å². The summed E-state index contributed by atoms with van der Waals surface area (Å²) >= 11 is 0. The van der Waals surface area contributed by atoms with E-state index >= 15 is 0 Å². The number of ether oxygens (including phenoxy) is 4. The highest BCUT2D eigenvalue weighted by Crippen LogP contribution is 2.48. The molecule has 14 heteroatoms. The molecule has 0 aromatic rings. The molecule has 1 N–H and O–H groups in total. The first-order valence-corrected chi connectivity index (χ1v) is 15.2. The SMILES string of the molecule is COCCOCCOCCOC(=O)C(C)(CC(C)(C#N)CCC(=O)NCCCCCC(=O)ON1C(=O)CCC1=O)C(C)(C)C#N. The molecule has 0 spiro atoms. The van der Waals surface area contributed by atoms with Gasteiger partial charge in [0.15, 0.2) is 0 Å². The van der Waals surface area contributed by atoms with Crippen molar-refractivity contribution in [2.45, 2.75) is 85.5 Å². The van der Waals surface area contributed by atoms with Crippen LogP contribution in [0, 0.1) is 38.9 Å². The van der Waals surface area contributed by atoms with Gasteiger partial charge in [0.05, 0.1) is 61.4 Å². The van der Waals surface area contributed by atoms with E-state index in [0.717, 1.165) is 0 Å². The Hall–Kier alpha value is -3.59. The fraction of sp³-hybridized carbons (Fsp3) is 0.774. The molecule has 0 radical (unpaired) electrons. The second kappa shape index (κ2) is 19.7. The maximum atomic E-state index is 13.3. The number of nitrogens with zero attached hydrogens (tertiary/aromatic N) is 3. The number of hydrogen-bond acceptors (Lipinski definition) is 12. The van der Waals surface area contributed by atoms with Crippen LogP contribution in [0.1, 0.15) is 85.5 Å². The third kappa shape index (κ3) is 13.5. The Morgan fingerprint density at radius 2 is 1.44 bits per heavy atom. The molecule has 0 saturated carbocycles. The topological polar surface area (TPSA) is 194 Å². The van der Waals surface area contributed by atoms with Crippen LogP contribution in [-0.2, 0) is 47.8 Å². The largest absolute Gasteiger partial charge is 0.463 e. The maximum Gasteiger partial charge on any atom is 0.333 e. The average Bonchev–Trinajstić information content (AvgIpc) is 3.32. The zero-order valence-corrected chi connectivity index (χ0v) is 27.2.